The number of ether oxygens (including phenoxy) is 1. The molecular weight excluding hydrogens is 470 g/mol. The first-order chi connectivity index (χ1) is 17.2. The molecular formula is C24H33N5O7. The number of hydrogen-bond acceptors (Lipinski definition) is 7. The molecule has 0 saturated carbocycles. The van der Waals surface area contributed by atoms with Crippen LogP contribution in [0.25, 0.3) is 0 Å². The second-order valence-electron chi connectivity index (χ2n) is 8.55. The quantitative estimate of drug-likeness (QED) is 0.438. The first-order valence-electron chi connectivity index (χ1n) is 11.4. The Morgan fingerprint density at radius 3 is 2.53 bits per heavy atom. The fourth-order valence-corrected chi connectivity index (χ4v) is 4.23. The maximum Gasteiger partial charge on any atom is 0.290 e. The predicted octanol–water partition coefficient (Wildman–Crippen LogP) is 1.13. The van der Waals surface area contributed by atoms with Crippen LogP contribution in [0.5, 0.6) is 0 Å². The molecule has 2 aromatic rings. The van der Waals surface area contributed by atoms with Gasteiger partial charge in [-0.3, -0.25) is 24.1 Å². The molecule has 196 valence electrons. The lowest BCUT2D eigenvalue weighted by atomic mass is 10.1. The van der Waals surface area contributed by atoms with Crippen LogP contribution in [0.2, 0.25) is 0 Å². The third-order valence-electron chi connectivity index (χ3n) is 5.94. The number of rotatable bonds is 5. The summed E-state index contributed by atoms with van der Waals surface area (Å²) < 4.78 is 7.52. The molecule has 0 bridgehead atoms. The van der Waals surface area contributed by atoms with E-state index in [1.807, 2.05) is 19.9 Å². The van der Waals surface area contributed by atoms with Crippen molar-refractivity contribution in [3.63, 3.8) is 0 Å². The highest BCUT2D eigenvalue weighted by Gasteiger charge is 2.36. The Balaban J connectivity index is 0.000000693. The van der Waals surface area contributed by atoms with Crippen molar-refractivity contribution in [1.82, 2.24) is 19.8 Å². The summed E-state index contributed by atoms with van der Waals surface area (Å²) in [7, 11) is 0. The smallest absolute Gasteiger partial charge is 0.290 e. The molecule has 12 nitrogen and oxygen atoms in total. The van der Waals surface area contributed by atoms with Gasteiger partial charge in [0, 0.05) is 48.8 Å². The molecule has 2 aliphatic rings. The number of aromatic nitrogens is 2. The van der Waals surface area contributed by atoms with Gasteiger partial charge in [-0.25, -0.2) is 4.98 Å². The highest BCUT2D eigenvalue weighted by molar-refractivity contribution is 5.97. The van der Waals surface area contributed by atoms with Crippen molar-refractivity contribution in [1.29, 1.82) is 0 Å². The van der Waals surface area contributed by atoms with Gasteiger partial charge in [-0.2, -0.15) is 0 Å². The Hall–Kier alpha value is -3.77. The van der Waals surface area contributed by atoms with E-state index in [0.29, 0.717) is 17.3 Å². The molecule has 1 aromatic heterocycles. The number of nitrogens with zero attached hydrogens (tertiary/aromatic N) is 3. The molecule has 2 amide bonds. The number of fused-ring (bicyclic) bond motifs is 1. The summed E-state index contributed by atoms with van der Waals surface area (Å²) in [5.41, 5.74) is 2.10. The van der Waals surface area contributed by atoms with Gasteiger partial charge >= 0.3 is 0 Å². The van der Waals surface area contributed by atoms with E-state index in [1.165, 1.54) is 0 Å². The van der Waals surface area contributed by atoms with Crippen LogP contribution in [0.15, 0.2) is 30.6 Å². The molecule has 2 aliphatic heterocycles. The fraction of sp³-hybridized carbons (Fsp3) is 0.458. The summed E-state index contributed by atoms with van der Waals surface area (Å²) in [5, 5.41) is 19.8. The highest BCUT2D eigenvalue weighted by atomic mass is 16.5. The number of carbonyl (C=O) groups is 4. The van der Waals surface area contributed by atoms with E-state index >= 15 is 0 Å². The molecule has 1 aromatic carbocycles. The van der Waals surface area contributed by atoms with E-state index in [1.54, 1.807) is 29.1 Å². The van der Waals surface area contributed by atoms with Crippen LogP contribution in [0.1, 0.15) is 35.1 Å². The number of imidazole rings is 1. The maximum atomic E-state index is 12.8. The Morgan fingerprint density at radius 1 is 1.19 bits per heavy atom. The molecule has 4 rings (SSSR count). The van der Waals surface area contributed by atoms with Crippen molar-refractivity contribution in [3.05, 3.63) is 47.5 Å². The van der Waals surface area contributed by atoms with Crippen LogP contribution >= 0.6 is 0 Å². The first-order valence-corrected chi connectivity index (χ1v) is 11.4. The monoisotopic (exact) mass is 503 g/mol. The van der Waals surface area contributed by atoms with Crippen LogP contribution in [-0.4, -0.2) is 87.3 Å². The Morgan fingerprint density at radius 2 is 1.89 bits per heavy atom. The minimum absolute atomic E-state index is 0.111. The molecule has 0 spiro atoms. The average molecular weight is 504 g/mol. The summed E-state index contributed by atoms with van der Waals surface area (Å²) in [6.45, 7) is 8.02. The summed E-state index contributed by atoms with van der Waals surface area (Å²) in [5.74, 6) is 0.510. The van der Waals surface area contributed by atoms with Crippen LogP contribution in [0.4, 0.5) is 5.69 Å². The van der Waals surface area contributed by atoms with Gasteiger partial charge < -0.3 is 30.2 Å². The molecule has 2 fully saturated rings. The molecule has 12 heteroatoms. The zero-order valence-corrected chi connectivity index (χ0v) is 20.6. The SMILES string of the molecule is Cc1ccc(C(=O)N[C@H]2C[C@H]3CO[C@H](C)CN3C2)cc1NC(=O)Cn1ccnc1C.O=CO.O=CO. The van der Waals surface area contributed by atoms with Crippen molar-refractivity contribution in [2.24, 2.45) is 0 Å². The van der Waals surface area contributed by atoms with Crippen molar-refractivity contribution in [2.75, 3.05) is 25.0 Å². The van der Waals surface area contributed by atoms with Crippen molar-refractivity contribution in [3.8, 4) is 0 Å². The molecule has 0 aliphatic carbocycles. The van der Waals surface area contributed by atoms with E-state index in [2.05, 4.69) is 27.4 Å². The van der Waals surface area contributed by atoms with E-state index in [-0.39, 0.29) is 43.4 Å². The Kier molecular flexibility index (Phi) is 11.0. The molecule has 3 heterocycles. The largest absolute Gasteiger partial charge is 0.483 e. The summed E-state index contributed by atoms with van der Waals surface area (Å²) in [4.78, 5) is 48.5. The van der Waals surface area contributed by atoms with Crippen LogP contribution < -0.4 is 10.6 Å². The number of hydrogen-bond donors (Lipinski definition) is 4. The molecule has 4 N–H and O–H groups in total. The van der Waals surface area contributed by atoms with Gasteiger partial charge in [0.15, 0.2) is 0 Å². The molecule has 2 saturated heterocycles. The number of aryl methyl sites for hydroxylation is 2. The van der Waals surface area contributed by atoms with Crippen LogP contribution in [-0.2, 0) is 25.7 Å². The predicted molar refractivity (Wildman–Crippen MR) is 131 cm³/mol. The standard InChI is InChI=1S/C22H29N5O3.2CH2O2/c1-14-4-5-17(8-20(14)25-21(28)12-26-7-6-23-16(26)3)22(29)24-18-9-19-13-30-15(2)10-27(19)11-18;2*2-1-3/h4-8,15,18-19H,9-13H2,1-3H3,(H,24,29)(H,25,28);2*1H,(H,2,3)/t15-,18+,19+;;/m1../s1. The number of amides is 2. The van der Waals surface area contributed by atoms with Crippen molar-refractivity contribution >= 4 is 30.4 Å². The minimum Gasteiger partial charge on any atom is -0.483 e. The zero-order chi connectivity index (χ0) is 26.7. The van der Waals surface area contributed by atoms with Crippen molar-refractivity contribution < 1.29 is 34.1 Å². The molecule has 3 atom stereocenters. The molecule has 0 radical (unpaired) electrons. The second-order valence-corrected chi connectivity index (χ2v) is 8.55. The number of nitrogens with one attached hydrogen (secondary N) is 2. The van der Waals surface area contributed by atoms with Crippen LogP contribution in [0.3, 0.4) is 0 Å². The average Bonchev–Trinajstić information content (AvgIpc) is 3.41. The summed E-state index contributed by atoms with van der Waals surface area (Å²) in [6.07, 6.45) is 4.58. The maximum absolute atomic E-state index is 12.8. The van der Waals surface area contributed by atoms with Gasteiger partial charge in [0.1, 0.15) is 12.4 Å². The lowest BCUT2D eigenvalue weighted by Crippen LogP contribution is -2.45. The van der Waals surface area contributed by atoms with Gasteiger partial charge in [-0.05, 0) is 44.9 Å². The summed E-state index contributed by atoms with van der Waals surface area (Å²) >= 11 is 0. The zero-order valence-electron chi connectivity index (χ0n) is 20.6. The van der Waals surface area contributed by atoms with Gasteiger partial charge in [0.2, 0.25) is 5.91 Å². The molecule has 36 heavy (non-hydrogen) atoms. The number of carboxylic acid groups (broad SMARTS) is 2. The van der Waals surface area contributed by atoms with E-state index in [4.69, 9.17) is 24.5 Å². The second kappa shape index (κ2) is 14.0. The number of anilines is 1. The third-order valence-corrected chi connectivity index (χ3v) is 5.94. The number of carbonyl (C=O) groups excluding carboxylic acids is 2. The topological polar surface area (TPSA) is 163 Å². The lowest BCUT2D eigenvalue weighted by molar-refractivity contribution is -0.123. The third kappa shape index (κ3) is 8.17. The summed E-state index contributed by atoms with van der Waals surface area (Å²) in [6, 6.07) is 5.90. The highest BCUT2D eigenvalue weighted by Crippen LogP contribution is 2.24. The van der Waals surface area contributed by atoms with Gasteiger partial charge in [-0.15, -0.1) is 0 Å². The van der Waals surface area contributed by atoms with E-state index in [0.717, 1.165) is 37.5 Å². The van der Waals surface area contributed by atoms with E-state index in [9.17, 15) is 9.59 Å². The van der Waals surface area contributed by atoms with Gasteiger partial charge in [0.05, 0.1) is 12.7 Å². The number of benzene rings is 1. The van der Waals surface area contributed by atoms with Gasteiger partial charge in [-0.1, -0.05) is 6.07 Å². The first kappa shape index (κ1) is 28.5. The minimum atomic E-state index is -0.250. The fourth-order valence-electron chi connectivity index (χ4n) is 4.23. The van der Waals surface area contributed by atoms with Crippen molar-refractivity contribution in [2.45, 2.75) is 51.9 Å². The normalized spacial score (nSPS) is 20.5. The molecule has 0 unspecified atom stereocenters. The Labute approximate surface area is 209 Å². The van der Waals surface area contributed by atoms with Gasteiger partial charge in [0.25, 0.3) is 18.9 Å². The van der Waals surface area contributed by atoms with E-state index < -0.39 is 0 Å². The number of morpholine rings is 1. The Bertz CT molecular complexity index is 1040. The van der Waals surface area contributed by atoms with Crippen LogP contribution in [0, 0.1) is 13.8 Å². The lowest BCUT2D eigenvalue weighted by Gasteiger charge is -2.33.